The molecular weight excluding hydrogens is 269 g/mol. The van der Waals surface area contributed by atoms with Gasteiger partial charge in [0.2, 0.25) is 0 Å². The minimum Gasteiger partial charge on any atom is -0.395 e. The van der Waals surface area contributed by atoms with Gasteiger partial charge in [-0.3, -0.25) is 4.90 Å². The zero-order valence-electron chi connectivity index (χ0n) is 11.8. The van der Waals surface area contributed by atoms with Gasteiger partial charge < -0.3 is 10.4 Å². The molecule has 3 atom stereocenters. The zero-order chi connectivity index (χ0) is 14.6. The molecule has 1 saturated carbocycles. The number of rotatable bonds is 5. The highest BCUT2D eigenvalue weighted by molar-refractivity contribution is 4.86. The maximum Gasteiger partial charge on any atom is 0.391 e. The highest BCUT2D eigenvalue weighted by atomic mass is 19.4. The summed E-state index contributed by atoms with van der Waals surface area (Å²) in [5, 5.41) is 12.6. The van der Waals surface area contributed by atoms with E-state index in [-0.39, 0.29) is 25.5 Å². The molecule has 2 rings (SSSR count). The van der Waals surface area contributed by atoms with Gasteiger partial charge in [0, 0.05) is 25.2 Å². The summed E-state index contributed by atoms with van der Waals surface area (Å²) in [7, 11) is 0. The summed E-state index contributed by atoms with van der Waals surface area (Å²) in [5.41, 5.74) is 0. The molecule has 6 heteroatoms. The molecule has 118 valence electrons. The second kappa shape index (κ2) is 7.09. The van der Waals surface area contributed by atoms with Crippen LogP contribution in [0.25, 0.3) is 0 Å². The lowest BCUT2D eigenvalue weighted by atomic mass is 9.84. The van der Waals surface area contributed by atoms with E-state index in [4.69, 9.17) is 0 Å². The first-order chi connectivity index (χ1) is 9.50. The van der Waals surface area contributed by atoms with Crippen molar-refractivity contribution < 1.29 is 18.3 Å². The van der Waals surface area contributed by atoms with E-state index >= 15 is 0 Å². The average molecular weight is 294 g/mol. The third kappa shape index (κ3) is 4.33. The van der Waals surface area contributed by atoms with Crippen molar-refractivity contribution in [3.63, 3.8) is 0 Å². The van der Waals surface area contributed by atoms with Gasteiger partial charge in [-0.15, -0.1) is 0 Å². The number of nitrogens with zero attached hydrogens (tertiary/aromatic N) is 1. The van der Waals surface area contributed by atoms with Crippen molar-refractivity contribution in [1.29, 1.82) is 0 Å². The Kier molecular flexibility index (Phi) is 5.69. The Bertz CT molecular complexity index is 293. The highest BCUT2D eigenvalue weighted by Crippen LogP contribution is 2.39. The SMILES string of the molecule is OCCN(CC1CCCN1)C1CCCC(C(F)(F)F)C1. The van der Waals surface area contributed by atoms with Crippen LogP contribution in [0.1, 0.15) is 38.5 Å². The molecular formula is C14H25F3N2O. The largest absolute Gasteiger partial charge is 0.395 e. The van der Waals surface area contributed by atoms with Gasteiger partial charge >= 0.3 is 6.18 Å². The van der Waals surface area contributed by atoms with E-state index in [0.29, 0.717) is 19.0 Å². The van der Waals surface area contributed by atoms with Crippen LogP contribution >= 0.6 is 0 Å². The number of hydrogen-bond acceptors (Lipinski definition) is 3. The van der Waals surface area contributed by atoms with Crippen molar-refractivity contribution in [2.75, 3.05) is 26.2 Å². The number of nitrogens with one attached hydrogen (secondary N) is 1. The molecule has 1 saturated heterocycles. The second-order valence-corrected chi connectivity index (χ2v) is 6.07. The van der Waals surface area contributed by atoms with Crippen molar-refractivity contribution in [2.24, 2.45) is 5.92 Å². The Morgan fingerprint density at radius 1 is 1.15 bits per heavy atom. The lowest BCUT2D eigenvalue weighted by molar-refractivity contribution is -0.186. The topological polar surface area (TPSA) is 35.5 Å². The molecule has 0 aromatic heterocycles. The van der Waals surface area contributed by atoms with Crippen molar-refractivity contribution in [3.05, 3.63) is 0 Å². The van der Waals surface area contributed by atoms with Crippen molar-refractivity contribution in [1.82, 2.24) is 10.2 Å². The second-order valence-electron chi connectivity index (χ2n) is 6.07. The Labute approximate surface area is 118 Å². The molecule has 3 unspecified atom stereocenters. The molecule has 0 spiro atoms. The van der Waals surface area contributed by atoms with Gasteiger partial charge in [0.15, 0.2) is 0 Å². The van der Waals surface area contributed by atoms with Gasteiger partial charge in [0.05, 0.1) is 12.5 Å². The van der Waals surface area contributed by atoms with Crippen LogP contribution < -0.4 is 5.32 Å². The Morgan fingerprint density at radius 3 is 2.55 bits per heavy atom. The van der Waals surface area contributed by atoms with Crippen molar-refractivity contribution in [2.45, 2.75) is 56.8 Å². The lowest BCUT2D eigenvalue weighted by Crippen LogP contribution is -2.47. The van der Waals surface area contributed by atoms with Gasteiger partial charge in [0.25, 0.3) is 0 Å². The molecule has 20 heavy (non-hydrogen) atoms. The standard InChI is InChI=1S/C14H25F3N2O/c15-14(16,17)11-3-1-5-13(9-11)19(7-8-20)10-12-4-2-6-18-12/h11-13,18,20H,1-10H2. The van der Waals surface area contributed by atoms with Gasteiger partial charge in [-0.05, 0) is 38.6 Å². The molecule has 0 bridgehead atoms. The normalized spacial score (nSPS) is 31.9. The van der Waals surface area contributed by atoms with Gasteiger partial charge in [-0.1, -0.05) is 6.42 Å². The summed E-state index contributed by atoms with van der Waals surface area (Å²) in [6.45, 7) is 2.25. The average Bonchev–Trinajstić information content (AvgIpc) is 2.90. The number of halogens is 3. The van der Waals surface area contributed by atoms with Crippen molar-refractivity contribution >= 4 is 0 Å². The van der Waals surface area contributed by atoms with E-state index in [1.807, 2.05) is 0 Å². The molecule has 0 radical (unpaired) electrons. The van der Waals surface area contributed by atoms with E-state index in [0.717, 1.165) is 32.4 Å². The number of hydrogen-bond donors (Lipinski definition) is 2. The first-order valence-electron chi connectivity index (χ1n) is 7.65. The summed E-state index contributed by atoms with van der Waals surface area (Å²) in [6.07, 6.45) is 0.0407. The Balaban J connectivity index is 1.93. The minimum atomic E-state index is -4.07. The summed E-state index contributed by atoms with van der Waals surface area (Å²) < 4.78 is 38.7. The molecule has 1 aliphatic heterocycles. The molecule has 0 aromatic carbocycles. The van der Waals surface area contributed by atoms with Crippen LogP contribution in [0.2, 0.25) is 0 Å². The maximum absolute atomic E-state index is 12.9. The molecule has 1 aliphatic carbocycles. The number of aliphatic hydroxyl groups excluding tert-OH is 1. The fourth-order valence-corrected chi connectivity index (χ4v) is 3.54. The minimum absolute atomic E-state index is 0.0138. The summed E-state index contributed by atoms with van der Waals surface area (Å²) >= 11 is 0. The summed E-state index contributed by atoms with van der Waals surface area (Å²) in [4.78, 5) is 2.07. The van der Waals surface area contributed by atoms with E-state index in [2.05, 4.69) is 10.2 Å². The highest BCUT2D eigenvalue weighted by Gasteiger charge is 2.43. The fraction of sp³-hybridized carbons (Fsp3) is 1.00. The van der Waals surface area contributed by atoms with Gasteiger partial charge in [0.1, 0.15) is 0 Å². The predicted molar refractivity (Wildman–Crippen MR) is 71.5 cm³/mol. The molecule has 0 amide bonds. The molecule has 2 fully saturated rings. The van der Waals surface area contributed by atoms with Gasteiger partial charge in [-0.2, -0.15) is 13.2 Å². The summed E-state index contributed by atoms with van der Waals surface area (Å²) in [5.74, 6) is -1.17. The molecule has 3 nitrogen and oxygen atoms in total. The van der Waals surface area contributed by atoms with E-state index in [9.17, 15) is 18.3 Å². The molecule has 2 N–H and O–H groups in total. The first kappa shape index (κ1) is 16.0. The maximum atomic E-state index is 12.9. The van der Waals surface area contributed by atoms with Crippen LogP contribution in [0.4, 0.5) is 13.2 Å². The van der Waals surface area contributed by atoms with Gasteiger partial charge in [-0.25, -0.2) is 0 Å². The predicted octanol–water partition coefficient (Wildman–Crippen LogP) is 2.15. The fourth-order valence-electron chi connectivity index (χ4n) is 3.54. The number of alkyl halides is 3. The van der Waals surface area contributed by atoms with Crippen LogP contribution in [0, 0.1) is 5.92 Å². The van der Waals surface area contributed by atoms with Crippen LogP contribution in [-0.4, -0.2) is 54.5 Å². The smallest absolute Gasteiger partial charge is 0.391 e. The molecule has 2 aliphatic rings. The monoisotopic (exact) mass is 294 g/mol. The van der Waals surface area contributed by atoms with Crippen LogP contribution in [0.3, 0.4) is 0 Å². The van der Waals surface area contributed by atoms with Crippen molar-refractivity contribution in [3.8, 4) is 0 Å². The summed E-state index contributed by atoms with van der Waals surface area (Å²) in [6, 6.07) is 0.331. The molecule has 1 heterocycles. The number of aliphatic hydroxyl groups is 1. The Morgan fingerprint density at radius 2 is 1.95 bits per heavy atom. The zero-order valence-corrected chi connectivity index (χ0v) is 11.8. The third-order valence-corrected chi connectivity index (χ3v) is 4.63. The Hall–Kier alpha value is -0.330. The third-order valence-electron chi connectivity index (χ3n) is 4.63. The van der Waals surface area contributed by atoms with Crippen LogP contribution in [-0.2, 0) is 0 Å². The van der Waals surface area contributed by atoms with Crippen LogP contribution in [0.5, 0.6) is 0 Å². The quantitative estimate of drug-likeness (QED) is 0.815. The van der Waals surface area contributed by atoms with E-state index in [1.165, 1.54) is 0 Å². The lowest BCUT2D eigenvalue weighted by Gasteiger charge is -2.39. The first-order valence-corrected chi connectivity index (χ1v) is 7.65. The van der Waals surface area contributed by atoms with E-state index in [1.54, 1.807) is 0 Å². The van der Waals surface area contributed by atoms with E-state index < -0.39 is 12.1 Å². The van der Waals surface area contributed by atoms with Crippen LogP contribution in [0.15, 0.2) is 0 Å². The molecule has 0 aromatic rings.